The number of nitrogens with zero attached hydrogens (tertiary/aromatic N) is 1. The normalized spacial score (nSPS) is 9.43. The second kappa shape index (κ2) is 5.18. The van der Waals surface area contributed by atoms with Crippen molar-refractivity contribution in [2.75, 3.05) is 0 Å². The zero-order chi connectivity index (χ0) is 10.4. The number of carbonyl (C=O) groups excluding carboxylic acids is 1. The Morgan fingerprint density at radius 1 is 1.43 bits per heavy atom. The van der Waals surface area contributed by atoms with E-state index in [1.165, 1.54) is 0 Å². The Morgan fingerprint density at radius 2 is 2.14 bits per heavy atom. The summed E-state index contributed by atoms with van der Waals surface area (Å²) in [5.41, 5.74) is 2.15. The molecule has 0 amide bonds. The molecule has 1 aromatic carbocycles. The Kier molecular flexibility index (Phi) is 3.87. The second-order valence-electron chi connectivity index (χ2n) is 3.36. The van der Waals surface area contributed by atoms with Gasteiger partial charge in [0.05, 0.1) is 12.5 Å². The molecule has 0 aliphatic rings. The van der Waals surface area contributed by atoms with Gasteiger partial charge in [0.25, 0.3) is 0 Å². The molecular weight excluding hydrogens is 174 g/mol. The zero-order valence-corrected chi connectivity index (χ0v) is 8.29. The number of carbonyl (C=O) groups is 1. The lowest BCUT2D eigenvalue weighted by Crippen LogP contribution is -1.94. The van der Waals surface area contributed by atoms with E-state index in [9.17, 15) is 4.79 Å². The number of hydrogen-bond donors (Lipinski definition) is 0. The predicted octanol–water partition coefficient (Wildman–Crippen LogP) is 2.27. The largest absolute Gasteiger partial charge is 0.300 e. The molecule has 0 N–H and O–H groups in total. The minimum absolute atomic E-state index is 0.204. The Morgan fingerprint density at radius 3 is 2.79 bits per heavy atom. The number of Topliss-reactive ketones (excluding diaryl/α,β-unsaturated/α-hetero) is 1. The highest BCUT2D eigenvalue weighted by Crippen LogP contribution is 2.08. The highest BCUT2D eigenvalue weighted by molar-refractivity contribution is 5.75. The monoisotopic (exact) mass is 187 g/mol. The molecule has 1 aromatic rings. The third-order valence-electron chi connectivity index (χ3n) is 2.04. The quantitative estimate of drug-likeness (QED) is 0.725. The maximum Gasteiger partial charge on any atom is 0.130 e. The van der Waals surface area contributed by atoms with Gasteiger partial charge in [-0.25, -0.2) is 0 Å². The lowest BCUT2D eigenvalue weighted by Gasteiger charge is -2.00. The Bertz CT molecular complexity index is 363. The highest BCUT2D eigenvalue weighted by Gasteiger charge is 1.98. The van der Waals surface area contributed by atoms with Gasteiger partial charge in [-0.05, 0) is 24.5 Å². The third kappa shape index (κ3) is 3.40. The Labute approximate surface area is 84.2 Å². The van der Waals surface area contributed by atoms with Crippen molar-refractivity contribution in [3.05, 3.63) is 35.4 Å². The fourth-order valence-corrected chi connectivity index (χ4v) is 1.31. The van der Waals surface area contributed by atoms with E-state index in [4.69, 9.17) is 5.26 Å². The first-order valence-electron chi connectivity index (χ1n) is 4.66. The van der Waals surface area contributed by atoms with E-state index in [2.05, 4.69) is 6.07 Å². The molecule has 0 radical (unpaired) electrons. The van der Waals surface area contributed by atoms with Crippen molar-refractivity contribution < 1.29 is 4.79 Å². The molecule has 0 unspecified atom stereocenters. The molecule has 72 valence electrons. The molecule has 0 aliphatic heterocycles. The van der Waals surface area contributed by atoms with E-state index in [0.29, 0.717) is 12.8 Å². The van der Waals surface area contributed by atoms with Crippen molar-refractivity contribution in [1.29, 1.82) is 5.26 Å². The molecule has 0 bridgehead atoms. The molecule has 0 saturated heterocycles. The maximum atomic E-state index is 10.8. The Hall–Kier alpha value is -1.62. The first-order chi connectivity index (χ1) is 6.72. The van der Waals surface area contributed by atoms with Gasteiger partial charge in [0.15, 0.2) is 0 Å². The molecule has 14 heavy (non-hydrogen) atoms. The van der Waals surface area contributed by atoms with Crippen LogP contribution in [-0.2, 0) is 17.6 Å². The van der Waals surface area contributed by atoms with Gasteiger partial charge >= 0.3 is 0 Å². The van der Waals surface area contributed by atoms with Gasteiger partial charge in [-0.1, -0.05) is 24.3 Å². The van der Waals surface area contributed by atoms with E-state index in [-0.39, 0.29) is 5.78 Å². The van der Waals surface area contributed by atoms with Crippen LogP contribution in [0.4, 0.5) is 0 Å². The summed E-state index contributed by atoms with van der Waals surface area (Å²) in [6.45, 7) is 1.60. The number of ketones is 1. The van der Waals surface area contributed by atoms with E-state index in [1.54, 1.807) is 6.92 Å². The fourth-order valence-electron chi connectivity index (χ4n) is 1.31. The van der Waals surface area contributed by atoms with Crippen molar-refractivity contribution >= 4 is 5.78 Å². The maximum absolute atomic E-state index is 10.8. The van der Waals surface area contributed by atoms with Gasteiger partial charge in [0.2, 0.25) is 0 Å². The van der Waals surface area contributed by atoms with Gasteiger partial charge in [-0.3, -0.25) is 0 Å². The van der Waals surface area contributed by atoms with Crippen molar-refractivity contribution in [2.45, 2.75) is 26.2 Å². The molecule has 2 heteroatoms. The van der Waals surface area contributed by atoms with E-state index < -0.39 is 0 Å². The van der Waals surface area contributed by atoms with E-state index >= 15 is 0 Å². The summed E-state index contributed by atoms with van der Waals surface area (Å²) < 4.78 is 0. The van der Waals surface area contributed by atoms with Crippen molar-refractivity contribution in [1.82, 2.24) is 0 Å². The van der Waals surface area contributed by atoms with Crippen LogP contribution in [0.25, 0.3) is 0 Å². The smallest absolute Gasteiger partial charge is 0.130 e. The number of rotatable bonds is 4. The van der Waals surface area contributed by atoms with Crippen LogP contribution in [0.5, 0.6) is 0 Å². The van der Waals surface area contributed by atoms with Gasteiger partial charge in [-0.15, -0.1) is 0 Å². The third-order valence-corrected chi connectivity index (χ3v) is 2.04. The summed E-state index contributed by atoms with van der Waals surface area (Å²) in [4.78, 5) is 10.8. The van der Waals surface area contributed by atoms with Gasteiger partial charge in [0, 0.05) is 6.42 Å². The number of nitriles is 1. The number of aryl methyl sites for hydroxylation is 1. The zero-order valence-electron chi connectivity index (χ0n) is 8.29. The minimum Gasteiger partial charge on any atom is -0.300 e. The van der Waals surface area contributed by atoms with E-state index in [0.717, 1.165) is 17.5 Å². The van der Waals surface area contributed by atoms with E-state index in [1.807, 2.05) is 24.3 Å². The summed E-state index contributed by atoms with van der Waals surface area (Å²) in [7, 11) is 0. The molecule has 0 fully saturated rings. The average Bonchev–Trinajstić information content (AvgIpc) is 2.16. The molecule has 2 nitrogen and oxygen atoms in total. The molecule has 0 saturated carbocycles. The SMILES string of the molecule is CC(=O)CCc1cccc(CC#N)c1. The van der Waals surface area contributed by atoms with Crippen LogP contribution in [0.1, 0.15) is 24.5 Å². The van der Waals surface area contributed by atoms with Crippen LogP contribution in [-0.4, -0.2) is 5.78 Å². The lowest BCUT2D eigenvalue weighted by molar-refractivity contribution is -0.116. The van der Waals surface area contributed by atoms with Crippen LogP contribution >= 0.6 is 0 Å². The Balaban J connectivity index is 2.64. The van der Waals surface area contributed by atoms with Crippen molar-refractivity contribution in [2.24, 2.45) is 0 Å². The number of benzene rings is 1. The van der Waals surface area contributed by atoms with Crippen molar-refractivity contribution in [3.8, 4) is 6.07 Å². The first-order valence-corrected chi connectivity index (χ1v) is 4.66. The summed E-state index contributed by atoms with van der Waals surface area (Å²) in [6, 6.07) is 9.95. The molecule has 0 atom stereocenters. The van der Waals surface area contributed by atoms with Crippen molar-refractivity contribution in [3.63, 3.8) is 0 Å². The summed E-state index contributed by atoms with van der Waals surface area (Å²) >= 11 is 0. The lowest BCUT2D eigenvalue weighted by atomic mass is 10.0. The minimum atomic E-state index is 0.204. The van der Waals surface area contributed by atoms with Crippen LogP contribution < -0.4 is 0 Å². The topological polar surface area (TPSA) is 40.9 Å². The molecule has 0 aliphatic carbocycles. The van der Waals surface area contributed by atoms with Crippen LogP contribution in [0.2, 0.25) is 0 Å². The summed E-state index contributed by atoms with van der Waals surface area (Å²) in [5, 5.41) is 8.52. The van der Waals surface area contributed by atoms with Gasteiger partial charge in [-0.2, -0.15) is 5.26 Å². The standard InChI is InChI=1S/C12H13NO/c1-10(14)5-6-11-3-2-4-12(9-11)7-8-13/h2-4,9H,5-7H2,1H3. The van der Waals surface area contributed by atoms with Gasteiger partial charge < -0.3 is 4.79 Å². The average molecular weight is 187 g/mol. The highest BCUT2D eigenvalue weighted by atomic mass is 16.1. The first kappa shape index (κ1) is 10.5. The number of hydrogen-bond acceptors (Lipinski definition) is 2. The molecule has 1 rings (SSSR count). The van der Waals surface area contributed by atoms with Crippen LogP contribution in [0.3, 0.4) is 0 Å². The van der Waals surface area contributed by atoms with Crippen LogP contribution in [0, 0.1) is 11.3 Å². The molecular formula is C12H13NO. The van der Waals surface area contributed by atoms with Crippen LogP contribution in [0.15, 0.2) is 24.3 Å². The summed E-state index contributed by atoms with van der Waals surface area (Å²) in [6.07, 6.45) is 1.79. The predicted molar refractivity (Wildman–Crippen MR) is 54.8 cm³/mol. The van der Waals surface area contributed by atoms with Gasteiger partial charge in [0.1, 0.15) is 5.78 Å². The summed E-state index contributed by atoms with van der Waals surface area (Å²) in [5.74, 6) is 0.204. The molecule has 0 spiro atoms. The fraction of sp³-hybridized carbons (Fsp3) is 0.333. The second-order valence-corrected chi connectivity index (χ2v) is 3.36. The molecule has 0 heterocycles. The molecule has 0 aromatic heterocycles.